The Bertz CT molecular complexity index is 649. The van der Waals surface area contributed by atoms with Gasteiger partial charge in [0, 0.05) is 5.56 Å². The molecule has 1 aliphatic rings. The van der Waals surface area contributed by atoms with Crippen LogP contribution < -0.4 is 5.73 Å². The Balaban J connectivity index is 1.95. The first-order valence-electron chi connectivity index (χ1n) is 7.41. The second kappa shape index (κ2) is 5.02. The first-order chi connectivity index (χ1) is 9.58. The second-order valence-corrected chi connectivity index (χ2v) is 6.25. The quantitative estimate of drug-likeness (QED) is 0.838. The predicted molar refractivity (Wildman–Crippen MR) is 82.8 cm³/mol. The van der Waals surface area contributed by atoms with Crippen molar-refractivity contribution < 1.29 is 4.79 Å². The van der Waals surface area contributed by atoms with E-state index in [0.29, 0.717) is 5.92 Å². The van der Waals surface area contributed by atoms with Gasteiger partial charge in [-0.05, 0) is 35.6 Å². The molecule has 0 saturated heterocycles. The largest absolute Gasteiger partial charge is 0.319 e. The number of hydrogen-bond donors (Lipinski definition) is 1. The summed E-state index contributed by atoms with van der Waals surface area (Å²) in [5.41, 5.74) is 6.50. The molecule has 2 unspecified atom stereocenters. The normalized spacial score (nSPS) is 26.6. The highest BCUT2D eigenvalue weighted by atomic mass is 16.1. The van der Waals surface area contributed by atoms with Crippen LogP contribution in [0.4, 0.5) is 0 Å². The van der Waals surface area contributed by atoms with Crippen LogP contribution in [-0.2, 0) is 0 Å². The zero-order valence-electron chi connectivity index (χ0n) is 11.9. The van der Waals surface area contributed by atoms with Crippen LogP contribution >= 0.6 is 0 Å². The summed E-state index contributed by atoms with van der Waals surface area (Å²) in [4.78, 5) is 12.8. The van der Waals surface area contributed by atoms with Gasteiger partial charge in [0.05, 0.1) is 5.54 Å². The second-order valence-electron chi connectivity index (χ2n) is 6.25. The Hall–Kier alpha value is -1.67. The molecule has 2 atom stereocenters. The number of Topliss-reactive ketones (excluding diaryl/α,β-unsaturated/α-hetero) is 1. The monoisotopic (exact) mass is 267 g/mol. The van der Waals surface area contributed by atoms with Crippen molar-refractivity contribution in [1.29, 1.82) is 0 Å². The minimum absolute atomic E-state index is 0.106. The molecule has 104 valence electrons. The van der Waals surface area contributed by atoms with Gasteiger partial charge in [-0.1, -0.05) is 56.2 Å². The number of carbonyl (C=O) groups excluding carboxylic acids is 1. The average Bonchev–Trinajstić information content (AvgIpc) is 2.45. The van der Waals surface area contributed by atoms with Crippen molar-refractivity contribution >= 4 is 16.6 Å². The smallest absolute Gasteiger partial charge is 0.182 e. The summed E-state index contributed by atoms with van der Waals surface area (Å²) < 4.78 is 0. The van der Waals surface area contributed by atoms with E-state index >= 15 is 0 Å². The molecule has 2 heteroatoms. The van der Waals surface area contributed by atoms with Gasteiger partial charge in [-0.3, -0.25) is 4.79 Å². The molecule has 2 N–H and O–H groups in total. The van der Waals surface area contributed by atoms with Crippen LogP contribution in [0.25, 0.3) is 10.8 Å². The summed E-state index contributed by atoms with van der Waals surface area (Å²) in [7, 11) is 0. The van der Waals surface area contributed by atoms with Crippen LogP contribution in [-0.4, -0.2) is 11.3 Å². The lowest BCUT2D eigenvalue weighted by molar-refractivity contribution is 0.0820. The minimum Gasteiger partial charge on any atom is -0.319 e. The molecule has 0 aliphatic heterocycles. The maximum Gasteiger partial charge on any atom is 0.182 e. The fraction of sp³-hybridized carbons (Fsp3) is 0.389. The molecule has 0 radical (unpaired) electrons. The van der Waals surface area contributed by atoms with Gasteiger partial charge >= 0.3 is 0 Å². The van der Waals surface area contributed by atoms with Crippen molar-refractivity contribution in [3.05, 3.63) is 48.0 Å². The minimum atomic E-state index is -0.667. The number of carbonyl (C=O) groups is 1. The SMILES string of the molecule is CC1CCCC(N)(C(=O)c2ccc3ccccc3c2)C1. The van der Waals surface area contributed by atoms with E-state index in [9.17, 15) is 4.79 Å². The van der Waals surface area contributed by atoms with Crippen molar-refractivity contribution in [3.63, 3.8) is 0 Å². The van der Waals surface area contributed by atoms with Gasteiger partial charge in [0.15, 0.2) is 5.78 Å². The molecule has 0 bridgehead atoms. The van der Waals surface area contributed by atoms with E-state index in [1.54, 1.807) is 0 Å². The summed E-state index contributed by atoms with van der Waals surface area (Å²) in [6.45, 7) is 2.19. The van der Waals surface area contributed by atoms with Gasteiger partial charge in [0.25, 0.3) is 0 Å². The van der Waals surface area contributed by atoms with Crippen LogP contribution in [0.2, 0.25) is 0 Å². The summed E-state index contributed by atoms with van der Waals surface area (Å²) >= 11 is 0. The molecule has 2 nitrogen and oxygen atoms in total. The lowest BCUT2D eigenvalue weighted by Crippen LogP contribution is -2.51. The number of hydrogen-bond acceptors (Lipinski definition) is 2. The van der Waals surface area contributed by atoms with E-state index in [1.165, 1.54) is 6.42 Å². The maximum absolute atomic E-state index is 12.8. The third kappa shape index (κ3) is 2.36. The molecule has 2 aromatic carbocycles. The van der Waals surface area contributed by atoms with Crippen LogP contribution in [0.1, 0.15) is 43.0 Å². The Labute approximate surface area is 120 Å². The molecule has 0 heterocycles. The third-order valence-electron chi connectivity index (χ3n) is 4.50. The molecule has 2 aromatic rings. The van der Waals surface area contributed by atoms with Crippen molar-refractivity contribution in [1.82, 2.24) is 0 Å². The lowest BCUT2D eigenvalue weighted by Gasteiger charge is -2.35. The summed E-state index contributed by atoms with van der Waals surface area (Å²) in [6.07, 6.45) is 3.85. The van der Waals surface area contributed by atoms with E-state index in [0.717, 1.165) is 35.6 Å². The first kappa shape index (κ1) is 13.3. The lowest BCUT2D eigenvalue weighted by atomic mass is 9.73. The van der Waals surface area contributed by atoms with Crippen molar-refractivity contribution in [2.45, 2.75) is 38.1 Å². The number of ketones is 1. The van der Waals surface area contributed by atoms with Crippen LogP contribution in [0.15, 0.2) is 42.5 Å². The van der Waals surface area contributed by atoms with Gasteiger partial charge in [0.2, 0.25) is 0 Å². The maximum atomic E-state index is 12.8. The van der Waals surface area contributed by atoms with Crippen molar-refractivity contribution in [3.8, 4) is 0 Å². The molecule has 1 aliphatic carbocycles. The summed E-state index contributed by atoms with van der Waals surface area (Å²) in [6, 6.07) is 14.0. The van der Waals surface area contributed by atoms with Crippen LogP contribution in [0.5, 0.6) is 0 Å². The third-order valence-corrected chi connectivity index (χ3v) is 4.50. The number of rotatable bonds is 2. The summed E-state index contributed by atoms with van der Waals surface area (Å²) in [5, 5.41) is 2.26. The molecule has 0 amide bonds. The molecule has 1 fully saturated rings. The molecule has 0 aromatic heterocycles. The number of benzene rings is 2. The van der Waals surface area contributed by atoms with Crippen LogP contribution in [0.3, 0.4) is 0 Å². The van der Waals surface area contributed by atoms with Crippen LogP contribution in [0, 0.1) is 5.92 Å². The Kier molecular flexibility index (Phi) is 3.35. The van der Waals surface area contributed by atoms with E-state index < -0.39 is 5.54 Å². The molecule has 20 heavy (non-hydrogen) atoms. The van der Waals surface area contributed by atoms with E-state index in [4.69, 9.17) is 5.73 Å². The zero-order valence-corrected chi connectivity index (χ0v) is 11.9. The van der Waals surface area contributed by atoms with Gasteiger partial charge < -0.3 is 5.73 Å². The predicted octanol–water partition coefficient (Wildman–Crippen LogP) is 3.93. The fourth-order valence-electron chi connectivity index (χ4n) is 3.42. The van der Waals surface area contributed by atoms with Crippen molar-refractivity contribution in [2.75, 3.05) is 0 Å². The van der Waals surface area contributed by atoms with E-state index in [-0.39, 0.29) is 5.78 Å². The topological polar surface area (TPSA) is 43.1 Å². The molecule has 1 saturated carbocycles. The standard InChI is InChI=1S/C18H21NO/c1-13-5-4-10-18(19,12-13)17(20)16-9-8-14-6-2-3-7-15(14)11-16/h2-3,6-9,11,13H,4-5,10,12,19H2,1H3. The Morgan fingerprint density at radius 2 is 1.95 bits per heavy atom. The molecular weight excluding hydrogens is 246 g/mol. The van der Waals surface area contributed by atoms with E-state index in [2.05, 4.69) is 13.0 Å². The van der Waals surface area contributed by atoms with Gasteiger partial charge in [-0.15, -0.1) is 0 Å². The highest BCUT2D eigenvalue weighted by Crippen LogP contribution is 2.33. The Morgan fingerprint density at radius 3 is 2.70 bits per heavy atom. The fourth-order valence-corrected chi connectivity index (χ4v) is 3.42. The highest BCUT2D eigenvalue weighted by Gasteiger charge is 2.38. The van der Waals surface area contributed by atoms with Gasteiger partial charge in [0.1, 0.15) is 0 Å². The highest BCUT2D eigenvalue weighted by molar-refractivity contribution is 6.05. The first-order valence-corrected chi connectivity index (χ1v) is 7.41. The zero-order chi connectivity index (χ0) is 14.2. The molecule has 0 spiro atoms. The summed E-state index contributed by atoms with van der Waals surface area (Å²) in [5.74, 6) is 0.646. The average molecular weight is 267 g/mol. The number of fused-ring (bicyclic) bond motifs is 1. The van der Waals surface area contributed by atoms with Crippen molar-refractivity contribution in [2.24, 2.45) is 11.7 Å². The number of nitrogens with two attached hydrogens (primary N) is 1. The molecular formula is C18H21NO. The van der Waals surface area contributed by atoms with Gasteiger partial charge in [-0.2, -0.15) is 0 Å². The van der Waals surface area contributed by atoms with Gasteiger partial charge in [-0.25, -0.2) is 0 Å². The van der Waals surface area contributed by atoms with E-state index in [1.807, 2.05) is 36.4 Å². The molecule has 3 rings (SSSR count). The Morgan fingerprint density at radius 1 is 1.20 bits per heavy atom.